The zero-order valence-electron chi connectivity index (χ0n) is 28.4. The number of H-pyrrole nitrogens is 1. The molecule has 5 heterocycles. The predicted molar refractivity (Wildman–Crippen MR) is 177 cm³/mol. The molecule has 270 valence electrons. The van der Waals surface area contributed by atoms with Crippen molar-refractivity contribution in [3.05, 3.63) is 69.0 Å². The van der Waals surface area contributed by atoms with Gasteiger partial charge in [-0.05, 0) is 111 Å². The second-order valence-corrected chi connectivity index (χ2v) is 17.8. The molecule has 2 spiro atoms. The van der Waals surface area contributed by atoms with E-state index in [1.165, 1.54) is 36.8 Å². The lowest BCUT2D eigenvalue weighted by molar-refractivity contribution is -0.176. The summed E-state index contributed by atoms with van der Waals surface area (Å²) in [6, 6.07) is 7.56. The molecule has 8 atom stereocenters. The van der Waals surface area contributed by atoms with Gasteiger partial charge in [-0.1, -0.05) is 12.1 Å². The van der Waals surface area contributed by atoms with Crippen molar-refractivity contribution in [1.82, 2.24) is 14.8 Å². The van der Waals surface area contributed by atoms with Crippen LogP contribution in [-0.2, 0) is 36.5 Å². The van der Waals surface area contributed by atoms with Crippen LogP contribution in [0, 0.1) is 11.8 Å². The molecule has 2 aromatic carbocycles. The Balaban J connectivity index is 0.00000155. The van der Waals surface area contributed by atoms with E-state index < -0.39 is 34.2 Å². The molecule has 13 rings (SSSR count). The largest absolute Gasteiger partial charge is 1.00 e. The molecule has 8 unspecified atom stereocenters. The summed E-state index contributed by atoms with van der Waals surface area (Å²) < 4.78 is 13.9. The molecule has 4 aliphatic heterocycles. The molecule has 6 aliphatic carbocycles. The van der Waals surface area contributed by atoms with Crippen molar-refractivity contribution in [2.75, 3.05) is 26.2 Å². The van der Waals surface area contributed by atoms with Crippen LogP contribution >= 0.6 is 0 Å². The molecule has 0 radical (unpaired) electrons. The summed E-state index contributed by atoms with van der Waals surface area (Å²) in [4.78, 5) is 9.05. The van der Waals surface area contributed by atoms with E-state index in [0.717, 1.165) is 85.5 Å². The molecule has 11 heteroatoms. The molecule has 0 amide bonds. The molecular weight excluding hydrogens is 689 g/mol. The van der Waals surface area contributed by atoms with Crippen LogP contribution in [0.5, 0.6) is 23.0 Å². The van der Waals surface area contributed by atoms with Crippen LogP contribution in [-0.4, -0.2) is 84.7 Å². The third kappa shape index (κ3) is 3.39. The fourth-order valence-electron chi connectivity index (χ4n) is 13.4. The molecule has 4 fully saturated rings. The maximum atomic E-state index is 13.5. The number of rotatable bonds is 4. The van der Waals surface area contributed by atoms with Gasteiger partial charge < -0.3 is 59.7 Å². The first-order valence-electron chi connectivity index (χ1n) is 19.0. The van der Waals surface area contributed by atoms with E-state index in [2.05, 4.69) is 26.9 Å². The van der Waals surface area contributed by atoms with Crippen LogP contribution < -0.4 is 34.3 Å². The Labute approximate surface area is 309 Å². The number of aromatic hydroxyl groups is 2. The number of phenols is 2. The quantitative estimate of drug-likeness (QED) is 0.206. The molecular formula is C40H43Cl2N3O6-2. The first-order chi connectivity index (χ1) is 23.7. The maximum absolute atomic E-state index is 13.5. The van der Waals surface area contributed by atoms with Gasteiger partial charge in [0.2, 0.25) is 0 Å². The first-order valence-corrected chi connectivity index (χ1v) is 19.0. The Kier molecular flexibility index (Phi) is 6.06. The number of aromatic amines is 1. The molecule has 9 nitrogen and oxygen atoms in total. The van der Waals surface area contributed by atoms with Crippen LogP contribution in [0.2, 0.25) is 0 Å². The fraction of sp³-hybridized carbons (Fsp3) is 0.600. The minimum absolute atomic E-state index is 0. The Morgan fingerprint density at radius 2 is 1.10 bits per heavy atom. The average molecular weight is 733 g/mol. The molecule has 51 heavy (non-hydrogen) atoms. The number of aromatic nitrogens is 1. The Morgan fingerprint density at radius 1 is 0.667 bits per heavy atom. The number of fused-ring (bicyclic) bond motifs is 5. The minimum Gasteiger partial charge on any atom is -1.00 e. The molecule has 4 bridgehead atoms. The summed E-state index contributed by atoms with van der Waals surface area (Å²) in [6.07, 6.45) is 8.06. The third-order valence-corrected chi connectivity index (χ3v) is 15.7. The number of ether oxygens (including phenoxy) is 2. The number of nitrogens with one attached hydrogen (secondary N) is 1. The SMILES string of the molecule is Oc1ccc2c3c1OC1c4[nH]c5c(c4CC4(O)C(C2)N(CC2CC2)CCC314)CC1(O)C2Cc3ccc(O)c4c3C1(CCN2CC1CC1)C5O4.[Cl-].[Cl-]. The molecule has 10 aliphatic rings. The van der Waals surface area contributed by atoms with E-state index in [4.69, 9.17) is 9.47 Å². The second-order valence-electron chi connectivity index (χ2n) is 17.8. The zero-order valence-corrected chi connectivity index (χ0v) is 29.9. The van der Waals surface area contributed by atoms with Gasteiger partial charge >= 0.3 is 0 Å². The molecule has 1 aromatic heterocycles. The summed E-state index contributed by atoms with van der Waals surface area (Å²) in [6.45, 7) is 3.84. The Morgan fingerprint density at radius 3 is 1.51 bits per heavy atom. The predicted octanol–water partition coefficient (Wildman–Crippen LogP) is -2.17. The number of halogens is 2. The highest BCUT2D eigenvalue weighted by atomic mass is 35.5. The monoisotopic (exact) mass is 731 g/mol. The lowest BCUT2D eigenvalue weighted by Gasteiger charge is -2.63. The van der Waals surface area contributed by atoms with Crippen LogP contribution in [0.25, 0.3) is 0 Å². The fourth-order valence-corrected chi connectivity index (χ4v) is 13.4. The number of hydrogen-bond donors (Lipinski definition) is 5. The van der Waals surface area contributed by atoms with Crippen LogP contribution in [0.3, 0.4) is 0 Å². The van der Waals surface area contributed by atoms with E-state index in [-0.39, 0.29) is 48.4 Å². The first kappa shape index (κ1) is 31.8. The number of phenolic OH excluding ortho intramolecular Hbond substituents is 2. The van der Waals surface area contributed by atoms with Gasteiger partial charge in [-0.15, -0.1) is 0 Å². The number of aliphatic hydroxyl groups is 2. The highest BCUT2D eigenvalue weighted by Crippen LogP contribution is 2.72. The maximum Gasteiger partial charge on any atom is 0.166 e. The highest BCUT2D eigenvalue weighted by molar-refractivity contribution is 5.68. The molecule has 2 saturated heterocycles. The topological polar surface area (TPSA) is 122 Å². The summed E-state index contributed by atoms with van der Waals surface area (Å²) >= 11 is 0. The normalized spacial score (nSPS) is 39.7. The van der Waals surface area contributed by atoms with E-state index in [9.17, 15) is 20.4 Å². The van der Waals surface area contributed by atoms with Gasteiger partial charge in [0.25, 0.3) is 0 Å². The van der Waals surface area contributed by atoms with Crippen LogP contribution in [0.1, 0.15) is 95.5 Å². The van der Waals surface area contributed by atoms with Crippen molar-refractivity contribution in [2.24, 2.45) is 11.8 Å². The summed E-state index contributed by atoms with van der Waals surface area (Å²) in [5.74, 6) is 2.77. The van der Waals surface area contributed by atoms with E-state index >= 15 is 0 Å². The van der Waals surface area contributed by atoms with Gasteiger partial charge in [-0.25, -0.2) is 0 Å². The third-order valence-electron chi connectivity index (χ3n) is 15.7. The standard InChI is InChI=1S/C40H43N3O6.2ClH/c44-25-7-5-21-13-27-39(46)15-23-24-16-40(47)28-14-22-6-8-26(45)34-30(22)38(40,10-12-43(28)18-20-3-4-20)36(49-34)32(24)41-31(23)35-37(39,29(21)33(25)48-35)9-11-42(27)17-19-1-2-19;;/h5-8,19-20,27-28,35-36,41,44-47H,1-4,9-18H2;2*1H/p-2. The van der Waals surface area contributed by atoms with Crippen molar-refractivity contribution in [1.29, 1.82) is 0 Å². The van der Waals surface area contributed by atoms with E-state index in [1.54, 1.807) is 12.1 Å². The Hall–Kier alpha value is -2.66. The highest BCUT2D eigenvalue weighted by Gasteiger charge is 2.76. The number of hydrogen-bond acceptors (Lipinski definition) is 8. The Bertz CT molecular complexity index is 1920. The van der Waals surface area contributed by atoms with Gasteiger partial charge in [0, 0.05) is 49.1 Å². The van der Waals surface area contributed by atoms with Gasteiger partial charge in [0.15, 0.2) is 35.2 Å². The molecule has 2 saturated carbocycles. The van der Waals surface area contributed by atoms with Crippen LogP contribution in [0.15, 0.2) is 24.3 Å². The van der Waals surface area contributed by atoms with Crippen molar-refractivity contribution in [3.63, 3.8) is 0 Å². The van der Waals surface area contributed by atoms with E-state index in [0.29, 0.717) is 36.2 Å². The number of likely N-dealkylation sites (tertiary alicyclic amines) is 2. The summed E-state index contributed by atoms with van der Waals surface area (Å²) in [5, 5.41) is 49.4. The average Bonchev–Trinajstić information content (AvgIpc) is 3.98. The van der Waals surface area contributed by atoms with Crippen LogP contribution in [0.4, 0.5) is 0 Å². The summed E-state index contributed by atoms with van der Waals surface area (Å²) in [5.41, 5.74) is 4.93. The van der Waals surface area contributed by atoms with Crippen molar-refractivity contribution < 1.29 is 54.7 Å². The number of benzene rings is 2. The number of nitrogens with zero attached hydrogens (tertiary/aromatic N) is 2. The molecule has 5 N–H and O–H groups in total. The zero-order chi connectivity index (χ0) is 32.4. The van der Waals surface area contributed by atoms with Gasteiger partial charge in [-0.2, -0.15) is 0 Å². The second kappa shape index (κ2) is 9.71. The minimum atomic E-state index is -1.09. The number of piperidine rings is 2. The van der Waals surface area contributed by atoms with E-state index in [1.807, 2.05) is 0 Å². The summed E-state index contributed by atoms with van der Waals surface area (Å²) in [7, 11) is 0. The van der Waals surface area contributed by atoms with Gasteiger partial charge in [0.1, 0.15) is 0 Å². The lowest BCUT2D eigenvalue weighted by atomic mass is 9.47. The van der Waals surface area contributed by atoms with Crippen molar-refractivity contribution in [3.8, 4) is 23.0 Å². The van der Waals surface area contributed by atoms with Gasteiger partial charge in [-0.3, -0.25) is 9.80 Å². The molecule has 3 aromatic rings. The lowest BCUT2D eigenvalue weighted by Crippen LogP contribution is -3.00. The smallest absolute Gasteiger partial charge is 0.166 e. The van der Waals surface area contributed by atoms with Gasteiger partial charge in [0.05, 0.1) is 33.4 Å². The van der Waals surface area contributed by atoms with Crippen molar-refractivity contribution >= 4 is 0 Å². The van der Waals surface area contributed by atoms with Crippen molar-refractivity contribution in [2.45, 2.75) is 111 Å².